The Morgan fingerprint density at radius 3 is 2.78 bits per heavy atom. The highest BCUT2D eigenvalue weighted by Crippen LogP contribution is 2.29. The molecule has 4 nitrogen and oxygen atoms in total. The van der Waals surface area contributed by atoms with Crippen LogP contribution in [0.25, 0.3) is 0 Å². The molecular formula is C13H20N2O2S. The predicted molar refractivity (Wildman–Crippen MR) is 78.7 cm³/mol. The number of nitrogen functional groups attached to an aromatic ring is 1. The molecule has 0 saturated heterocycles. The van der Waals surface area contributed by atoms with Gasteiger partial charge in [-0.3, -0.25) is 0 Å². The summed E-state index contributed by atoms with van der Waals surface area (Å²) in [6, 6.07) is 5.24. The maximum atomic E-state index is 11.2. The average Bonchev–Trinajstić information content (AvgIpc) is 2.34. The second-order valence-electron chi connectivity index (χ2n) is 4.29. The molecule has 100 valence electrons. The minimum Gasteiger partial charge on any atom is -0.478 e. The molecule has 0 fully saturated rings. The molecule has 1 atom stereocenters. The third-order valence-corrected chi connectivity index (χ3v) is 3.70. The van der Waals surface area contributed by atoms with E-state index in [-0.39, 0.29) is 11.6 Å². The molecule has 18 heavy (non-hydrogen) atoms. The molecule has 0 spiro atoms. The number of benzene rings is 1. The maximum absolute atomic E-state index is 11.2. The Hall–Kier alpha value is -1.36. The molecule has 0 aliphatic rings. The van der Waals surface area contributed by atoms with Crippen molar-refractivity contribution < 1.29 is 9.90 Å². The molecule has 0 aliphatic heterocycles. The zero-order chi connectivity index (χ0) is 13.7. The lowest BCUT2D eigenvalue weighted by molar-refractivity contribution is 0.0697. The van der Waals surface area contributed by atoms with Crippen LogP contribution in [-0.2, 0) is 0 Å². The van der Waals surface area contributed by atoms with Crippen LogP contribution >= 0.6 is 11.8 Å². The molecule has 1 rings (SSSR count). The minimum absolute atomic E-state index is 0.250. The molecule has 0 heterocycles. The van der Waals surface area contributed by atoms with Crippen molar-refractivity contribution >= 4 is 29.1 Å². The van der Waals surface area contributed by atoms with Crippen LogP contribution in [0.5, 0.6) is 0 Å². The highest BCUT2D eigenvalue weighted by molar-refractivity contribution is 7.98. The average molecular weight is 268 g/mol. The van der Waals surface area contributed by atoms with Gasteiger partial charge in [0.1, 0.15) is 0 Å². The Morgan fingerprint density at radius 2 is 2.22 bits per heavy atom. The number of anilines is 2. The van der Waals surface area contributed by atoms with Crippen molar-refractivity contribution in [2.75, 3.05) is 29.7 Å². The maximum Gasteiger partial charge on any atom is 0.337 e. The Bertz CT molecular complexity index is 423. The molecule has 1 aromatic carbocycles. The van der Waals surface area contributed by atoms with Crippen LogP contribution in [0.15, 0.2) is 18.2 Å². The van der Waals surface area contributed by atoms with Crippen LogP contribution in [0, 0.1) is 0 Å². The van der Waals surface area contributed by atoms with Crippen molar-refractivity contribution in [3.8, 4) is 0 Å². The van der Waals surface area contributed by atoms with Gasteiger partial charge in [0.25, 0.3) is 0 Å². The predicted octanol–water partition coefficient (Wildman–Crippen LogP) is 2.54. The van der Waals surface area contributed by atoms with Gasteiger partial charge in [0.15, 0.2) is 0 Å². The zero-order valence-electron chi connectivity index (χ0n) is 11.0. The first kappa shape index (κ1) is 14.7. The van der Waals surface area contributed by atoms with E-state index in [2.05, 4.69) is 13.2 Å². The summed E-state index contributed by atoms with van der Waals surface area (Å²) in [6.45, 7) is 2.08. The van der Waals surface area contributed by atoms with Crippen LogP contribution in [-0.4, -0.2) is 36.2 Å². The Labute approximate surface area is 112 Å². The number of rotatable bonds is 6. The van der Waals surface area contributed by atoms with E-state index in [9.17, 15) is 9.90 Å². The minimum atomic E-state index is -0.943. The summed E-state index contributed by atoms with van der Waals surface area (Å²) in [5.41, 5.74) is 7.29. The number of thioether (sulfide) groups is 1. The van der Waals surface area contributed by atoms with Crippen molar-refractivity contribution in [1.29, 1.82) is 0 Å². The van der Waals surface area contributed by atoms with E-state index >= 15 is 0 Å². The Morgan fingerprint density at radius 1 is 1.56 bits per heavy atom. The van der Waals surface area contributed by atoms with E-state index in [1.54, 1.807) is 30.0 Å². The lowest BCUT2D eigenvalue weighted by Crippen LogP contribution is -2.31. The van der Waals surface area contributed by atoms with E-state index in [1.165, 1.54) is 0 Å². The third kappa shape index (κ3) is 3.32. The van der Waals surface area contributed by atoms with Crippen molar-refractivity contribution in [2.24, 2.45) is 0 Å². The summed E-state index contributed by atoms with van der Waals surface area (Å²) in [7, 11) is 1.89. The van der Waals surface area contributed by atoms with Gasteiger partial charge < -0.3 is 15.7 Å². The molecule has 0 radical (unpaired) electrons. The number of nitrogens with zero attached hydrogens (tertiary/aromatic N) is 1. The number of para-hydroxylation sites is 1. The molecule has 0 bridgehead atoms. The molecule has 0 aliphatic carbocycles. The van der Waals surface area contributed by atoms with Crippen molar-refractivity contribution in [3.63, 3.8) is 0 Å². The number of aromatic carboxylic acids is 1. The first-order chi connectivity index (χ1) is 8.49. The summed E-state index contributed by atoms with van der Waals surface area (Å²) in [5, 5.41) is 9.21. The lowest BCUT2D eigenvalue weighted by Gasteiger charge is -2.29. The van der Waals surface area contributed by atoms with Gasteiger partial charge >= 0.3 is 5.97 Å². The lowest BCUT2D eigenvalue weighted by atomic mass is 10.1. The summed E-state index contributed by atoms with van der Waals surface area (Å²) >= 11 is 1.78. The van der Waals surface area contributed by atoms with Gasteiger partial charge in [-0.2, -0.15) is 11.8 Å². The van der Waals surface area contributed by atoms with Crippen LogP contribution in [0.3, 0.4) is 0 Å². The van der Waals surface area contributed by atoms with Gasteiger partial charge in [-0.05, 0) is 37.5 Å². The molecule has 1 aromatic rings. The molecule has 1 unspecified atom stereocenters. The van der Waals surface area contributed by atoms with Crippen LogP contribution < -0.4 is 10.6 Å². The largest absolute Gasteiger partial charge is 0.478 e. The Kier molecular flexibility index (Phi) is 5.34. The van der Waals surface area contributed by atoms with E-state index in [0.29, 0.717) is 11.4 Å². The van der Waals surface area contributed by atoms with Gasteiger partial charge in [-0.15, -0.1) is 0 Å². The molecule has 3 N–H and O–H groups in total. The first-order valence-corrected chi connectivity index (χ1v) is 7.22. The van der Waals surface area contributed by atoms with Gasteiger partial charge in [-0.25, -0.2) is 4.79 Å². The number of hydrogen-bond donors (Lipinski definition) is 2. The fraction of sp³-hybridized carbons (Fsp3) is 0.462. The van der Waals surface area contributed by atoms with Crippen LogP contribution in [0.1, 0.15) is 23.7 Å². The van der Waals surface area contributed by atoms with Gasteiger partial charge in [-0.1, -0.05) is 6.07 Å². The molecule has 0 amide bonds. The normalized spacial score (nSPS) is 12.2. The zero-order valence-corrected chi connectivity index (χ0v) is 11.8. The van der Waals surface area contributed by atoms with Crippen molar-refractivity contribution in [3.05, 3.63) is 23.8 Å². The van der Waals surface area contributed by atoms with Gasteiger partial charge in [0.2, 0.25) is 0 Å². The SMILES string of the molecule is CSCCC(C)N(C)c1c(N)cccc1C(=O)O. The van der Waals surface area contributed by atoms with Gasteiger partial charge in [0.05, 0.1) is 16.9 Å². The summed E-state index contributed by atoms with van der Waals surface area (Å²) in [4.78, 5) is 13.2. The summed E-state index contributed by atoms with van der Waals surface area (Å²) in [5.74, 6) is 0.0990. The molecule has 0 saturated carbocycles. The number of carbonyl (C=O) groups is 1. The fourth-order valence-corrected chi connectivity index (χ4v) is 2.41. The summed E-state index contributed by atoms with van der Waals surface area (Å²) < 4.78 is 0. The second-order valence-corrected chi connectivity index (χ2v) is 5.28. The van der Waals surface area contributed by atoms with E-state index in [4.69, 9.17) is 5.73 Å². The van der Waals surface area contributed by atoms with Gasteiger partial charge in [0, 0.05) is 13.1 Å². The smallest absolute Gasteiger partial charge is 0.337 e. The number of nitrogens with two attached hydrogens (primary N) is 1. The number of hydrogen-bond acceptors (Lipinski definition) is 4. The topological polar surface area (TPSA) is 66.6 Å². The number of carboxylic acids is 1. The first-order valence-electron chi connectivity index (χ1n) is 5.82. The van der Waals surface area contributed by atoms with E-state index in [1.807, 2.05) is 11.9 Å². The second kappa shape index (κ2) is 6.54. The highest BCUT2D eigenvalue weighted by atomic mass is 32.2. The molecular weight excluding hydrogens is 248 g/mol. The molecule has 5 heteroatoms. The van der Waals surface area contributed by atoms with E-state index < -0.39 is 5.97 Å². The van der Waals surface area contributed by atoms with Crippen LogP contribution in [0.2, 0.25) is 0 Å². The standard InChI is InChI=1S/C13H20N2O2S/c1-9(7-8-18-3)15(2)12-10(13(16)17)5-4-6-11(12)14/h4-6,9H,7-8,14H2,1-3H3,(H,16,17). The quantitative estimate of drug-likeness (QED) is 0.776. The van der Waals surface area contributed by atoms with Crippen molar-refractivity contribution in [2.45, 2.75) is 19.4 Å². The highest BCUT2D eigenvalue weighted by Gasteiger charge is 2.19. The monoisotopic (exact) mass is 268 g/mol. The third-order valence-electron chi connectivity index (χ3n) is 3.05. The van der Waals surface area contributed by atoms with Crippen molar-refractivity contribution in [1.82, 2.24) is 0 Å². The van der Waals surface area contributed by atoms with E-state index in [0.717, 1.165) is 12.2 Å². The fourth-order valence-electron chi connectivity index (χ4n) is 1.83. The number of carboxylic acid groups (broad SMARTS) is 1. The van der Waals surface area contributed by atoms with Crippen LogP contribution in [0.4, 0.5) is 11.4 Å². The molecule has 0 aromatic heterocycles. The Balaban J connectivity index is 3.03. The summed E-state index contributed by atoms with van der Waals surface area (Å²) in [6.07, 6.45) is 3.05.